The van der Waals surface area contributed by atoms with Crippen molar-refractivity contribution < 1.29 is 14.3 Å². The highest BCUT2D eigenvalue weighted by Gasteiger charge is 2.28. The normalized spacial score (nSPS) is 18.6. The van der Waals surface area contributed by atoms with E-state index >= 15 is 0 Å². The van der Waals surface area contributed by atoms with Crippen molar-refractivity contribution in [3.8, 4) is 0 Å². The molecule has 0 spiro atoms. The van der Waals surface area contributed by atoms with Gasteiger partial charge in [0.2, 0.25) is 5.91 Å². The van der Waals surface area contributed by atoms with E-state index in [-0.39, 0.29) is 11.8 Å². The van der Waals surface area contributed by atoms with Gasteiger partial charge in [0, 0.05) is 6.54 Å². The Labute approximate surface area is 134 Å². The number of hydrogen-bond donors (Lipinski definition) is 2. The average Bonchev–Trinajstić information content (AvgIpc) is 2.92. The zero-order valence-electron chi connectivity index (χ0n) is 14.7. The largest absolute Gasteiger partial charge is 0.444 e. The molecule has 0 saturated heterocycles. The number of rotatable bonds is 6. The lowest BCUT2D eigenvalue weighted by Gasteiger charge is -2.26. The van der Waals surface area contributed by atoms with Crippen molar-refractivity contribution >= 4 is 12.0 Å². The fourth-order valence-electron chi connectivity index (χ4n) is 2.71. The van der Waals surface area contributed by atoms with Crippen LogP contribution < -0.4 is 10.6 Å². The van der Waals surface area contributed by atoms with Crippen molar-refractivity contribution in [2.45, 2.75) is 78.4 Å². The van der Waals surface area contributed by atoms with Gasteiger partial charge in [0.15, 0.2) is 0 Å². The molecule has 22 heavy (non-hydrogen) atoms. The molecule has 128 valence electrons. The lowest BCUT2D eigenvalue weighted by atomic mass is 9.98. The summed E-state index contributed by atoms with van der Waals surface area (Å²) in [6, 6.07) is -0.541. The Kier molecular flexibility index (Phi) is 7.17. The number of carbonyl (C=O) groups is 2. The van der Waals surface area contributed by atoms with Gasteiger partial charge in [-0.1, -0.05) is 33.1 Å². The third-order valence-electron chi connectivity index (χ3n) is 4.21. The molecular weight excluding hydrogens is 280 g/mol. The van der Waals surface area contributed by atoms with Crippen molar-refractivity contribution in [2.24, 2.45) is 11.8 Å². The van der Waals surface area contributed by atoms with Gasteiger partial charge in [0.1, 0.15) is 11.6 Å². The van der Waals surface area contributed by atoms with Crippen molar-refractivity contribution in [3.63, 3.8) is 0 Å². The van der Waals surface area contributed by atoms with Crippen LogP contribution in [0.2, 0.25) is 0 Å². The summed E-state index contributed by atoms with van der Waals surface area (Å²) in [6.07, 6.45) is 5.17. The summed E-state index contributed by atoms with van der Waals surface area (Å²) in [7, 11) is 0. The van der Waals surface area contributed by atoms with Crippen LogP contribution in [0.3, 0.4) is 0 Å². The summed E-state index contributed by atoms with van der Waals surface area (Å²) in [5.74, 6) is 0.547. The molecule has 0 aromatic rings. The first-order valence-electron chi connectivity index (χ1n) is 8.50. The van der Waals surface area contributed by atoms with Gasteiger partial charge in [-0.2, -0.15) is 0 Å². The molecule has 1 saturated carbocycles. The van der Waals surface area contributed by atoms with Crippen LogP contribution in [0, 0.1) is 11.8 Å². The summed E-state index contributed by atoms with van der Waals surface area (Å²) in [6.45, 7) is 10.1. The molecule has 2 amide bonds. The highest BCUT2D eigenvalue weighted by Crippen LogP contribution is 2.23. The third-order valence-corrected chi connectivity index (χ3v) is 4.21. The quantitative estimate of drug-likeness (QED) is 0.791. The van der Waals surface area contributed by atoms with Gasteiger partial charge in [-0.3, -0.25) is 4.79 Å². The summed E-state index contributed by atoms with van der Waals surface area (Å²) < 4.78 is 5.26. The van der Waals surface area contributed by atoms with Crippen molar-refractivity contribution in [3.05, 3.63) is 0 Å². The molecule has 5 heteroatoms. The standard InChI is InChI=1S/C17H32N2O3/c1-6-12(2)14(19-16(21)22-17(3,4)5)15(20)18-11-13-9-7-8-10-13/h12-14H,6-11H2,1-5H3,(H,18,20)(H,19,21). The van der Waals surface area contributed by atoms with Gasteiger partial charge >= 0.3 is 6.09 Å². The van der Waals surface area contributed by atoms with Crippen LogP contribution in [0.4, 0.5) is 4.79 Å². The average molecular weight is 312 g/mol. The molecule has 0 heterocycles. The molecule has 1 rings (SSSR count). The highest BCUT2D eigenvalue weighted by molar-refractivity contribution is 5.85. The summed E-state index contributed by atoms with van der Waals surface area (Å²) in [4.78, 5) is 24.4. The van der Waals surface area contributed by atoms with Gasteiger partial charge in [-0.25, -0.2) is 4.79 Å². The first-order chi connectivity index (χ1) is 10.2. The fourth-order valence-corrected chi connectivity index (χ4v) is 2.71. The maximum atomic E-state index is 12.4. The van der Waals surface area contributed by atoms with E-state index in [1.165, 1.54) is 25.7 Å². The van der Waals surface area contributed by atoms with E-state index in [0.29, 0.717) is 12.5 Å². The van der Waals surface area contributed by atoms with Gasteiger partial charge < -0.3 is 15.4 Å². The van der Waals surface area contributed by atoms with E-state index < -0.39 is 17.7 Å². The first kappa shape index (κ1) is 18.8. The van der Waals surface area contributed by atoms with Crippen molar-refractivity contribution in [2.75, 3.05) is 6.54 Å². The van der Waals surface area contributed by atoms with E-state index in [9.17, 15) is 9.59 Å². The van der Waals surface area contributed by atoms with Crippen LogP contribution in [0.1, 0.15) is 66.7 Å². The zero-order chi connectivity index (χ0) is 16.8. The minimum atomic E-state index is -0.565. The SMILES string of the molecule is CCC(C)C(NC(=O)OC(C)(C)C)C(=O)NCC1CCCC1. The van der Waals surface area contributed by atoms with Crippen molar-refractivity contribution in [1.29, 1.82) is 0 Å². The monoisotopic (exact) mass is 312 g/mol. The number of carbonyl (C=O) groups excluding carboxylic acids is 2. The van der Waals surface area contributed by atoms with Crippen LogP contribution in [-0.2, 0) is 9.53 Å². The predicted molar refractivity (Wildman–Crippen MR) is 87.6 cm³/mol. The lowest BCUT2D eigenvalue weighted by Crippen LogP contribution is -2.51. The molecule has 2 unspecified atom stereocenters. The Hall–Kier alpha value is -1.26. The van der Waals surface area contributed by atoms with Crippen LogP contribution in [0.25, 0.3) is 0 Å². The molecule has 1 fully saturated rings. The molecule has 0 radical (unpaired) electrons. The Morgan fingerprint density at radius 2 is 1.82 bits per heavy atom. The van der Waals surface area contributed by atoms with E-state index in [1.54, 1.807) is 0 Å². The second-order valence-electron chi connectivity index (χ2n) is 7.41. The van der Waals surface area contributed by atoms with E-state index in [0.717, 1.165) is 6.42 Å². The van der Waals surface area contributed by atoms with Gasteiger partial charge in [0.25, 0.3) is 0 Å². The Morgan fingerprint density at radius 3 is 2.32 bits per heavy atom. The molecule has 2 N–H and O–H groups in total. The van der Waals surface area contributed by atoms with Crippen LogP contribution in [-0.4, -0.2) is 30.2 Å². The molecule has 0 bridgehead atoms. The second-order valence-corrected chi connectivity index (χ2v) is 7.41. The fraction of sp³-hybridized carbons (Fsp3) is 0.882. The van der Waals surface area contributed by atoms with Gasteiger partial charge in [-0.05, 0) is 45.4 Å². The molecule has 2 atom stereocenters. The summed E-state index contributed by atoms with van der Waals surface area (Å²) in [5, 5.41) is 5.73. The van der Waals surface area contributed by atoms with Crippen LogP contribution in [0.5, 0.6) is 0 Å². The van der Waals surface area contributed by atoms with E-state index in [1.807, 2.05) is 34.6 Å². The van der Waals surface area contributed by atoms with Crippen LogP contribution in [0.15, 0.2) is 0 Å². The number of alkyl carbamates (subject to hydrolysis) is 1. The van der Waals surface area contributed by atoms with Gasteiger partial charge in [0.05, 0.1) is 0 Å². The van der Waals surface area contributed by atoms with E-state index in [2.05, 4.69) is 10.6 Å². The Morgan fingerprint density at radius 1 is 1.23 bits per heavy atom. The number of hydrogen-bond acceptors (Lipinski definition) is 3. The molecule has 0 aromatic carbocycles. The van der Waals surface area contributed by atoms with Crippen LogP contribution >= 0.6 is 0 Å². The van der Waals surface area contributed by atoms with Gasteiger partial charge in [-0.15, -0.1) is 0 Å². The topological polar surface area (TPSA) is 67.4 Å². The maximum Gasteiger partial charge on any atom is 0.408 e. The number of ether oxygens (including phenoxy) is 1. The minimum Gasteiger partial charge on any atom is -0.444 e. The Balaban J connectivity index is 2.54. The smallest absolute Gasteiger partial charge is 0.408 e. The molecule has 5 nitrogen and oxygen atoms in total. The Bertz CT molecular complexity index is 371. The molecule has 1 aliphatic rings. The summed E-state index contributed by atoms with van der Waals surface area (Å²) >= 11 is 0. The summed E-state index contributed by atoms with van der Waals surface area (Å²) in [5.41, 5.74) is -0.565. The van der Waals surface area contributed by atoms with E-state index in [4.69, 9.17) is 4.74 Å². The lowest BCUT2D eigenvalue weighted by molar-refractivity contribution is -0.124. The molecule has 1 aliphatic carbocycles. The molecular formula is C17H32N2O3. The number of nitrogens with one attached hydrogen (secondary N) is 2. The zero-order valence-corrected chi connectivity index (χ0v) is 14.7. The molecule has 0 aliphatic heterocycles. The minimum absolute atomic E-state index is 0.0658. The number of amides is 2. The third kappa shape index (κ3) is 6.67. The second kappa shape index (κ2) is 8.39. The van der Waals surface area contributed by atoms with Crippen molar-refractivity contribution in [1.82, 2.24) is 10.6 Å². The maximum absolute atomic E-state index is 12.4. The first-order valence-corrected chi connectivity index (χ1v) is 8.50. The molecule has 0 aromatic heterocycles. The predicted octanol–water partition coefficient (Wildman–Crippen LogP) is 3.23. The highest BCUT2D eigenvalue weighted by atomic mass is 16.6.